The molecule has 30 heavy (non-hydrogen) atoms. The zero-order valence-corrected chi connectivity index (χ0v) is 18.1. The highest BCUT2D eigenvalue weighted by Gasteiger charge is 2.26. The minimum absolute atomic E-state index is 0.182. The summed E-state index contributed by atoms with van der Waals surface area (Å²) in [5, 5.41) is 4.79. The lowest BCUT2D eigenvalue weighted by atomic mass is 10.1. The highest BCUT2D eigenvalue weighted by atomic mass is 79.9. The van der Waals surface area contributed by atoms with Crippen molar-refractivity contribution < 1.29 is 9.59 Å². The van der Waals surface area contributed by atoms with E-state index in [4.69, 9.17) is 0 Å². The number of amides is 2. The lowest BCUT2D eigenvalue weighted by Gasteiger charge is -2.28. The fourth-order valence-electron chi connectivity index (χ4n) is 3.66. The summed E-state index contributed by atoms with van der Waals surface area (Å²) in [6, 6.07) is 16.8. The van der Waals surface area contributed by atoms with Crippen LogP contribution in [-0.2, 0) is 4.79 Å². The van der Waals surface area contributed by atoms with Crippen molar-refractivity contribution in [1.82, 2.24) is 15.2 Å². The second-order valence-electron chi connectivity index (χ2n) is 7.27. The zero-order chi connectivity index (χ0) is 20.9. The molecule has 1 saturated heterocycles. The lowest BCUT2D eigenvalue weighted by Crippen LogP contribution is -2.41. The summed E-state index contributed by atoms with van der Waals surface area (Å²) in [5.41, 5.74) is 1.50. The highest BCUT2D eigenvalue weighted by Crippen LogP contribution is 2.31. The minimum atomic E-state index is -0.318. The second-order valence-corrected chi connectivity index (χ2v) is 8.06. The van der Waals surface area contributed by atoms with Crippen molar-refractivity contribution in [3.8, 4) is 0 Å². The van der Waals surface area contributed by atoms with E-state index >= 15 is 0 Å². The van der Waals surface area contributed by atoms with E-state index < -0.39 is 0 Å². The van der Waals surface area contributed by atoms with Gasteiger partial charge in [-0.15, -0.1) is 0 Å². The van der Waals surface area contributed by atoms with Crippen molar-refractivity contribution in [3.63, 3.8) is 0 Å². The number of aromatic nitrogens is 1. The molecule has 1 aliphatic heterocycles. The third-order valence-corrected chi connectivity index (χ3v) is 6.08. The first-order valence-electron chi connectivity index (χ1n) is 10.0. The van der Waals surface area contributed by atoms with Crippen molar-refractivity contribution in [2.75, 3.05) is 13.1 Å². The number of benzene rings is 2. The summed E-state index contributed by atoms with van der Waals surface area (Å²) in [4.78, 5) is 32.4. The van der Waals surface area contributed by atoms with Gasteiger partial charge in [0.05, 0.1) is 4.48 Å². The van der Waals surface area contributed by atoms with E-state index in [0.29, 0.717) is 23.1 Å². The van der Waals surface area contributed by atoms with E-state index in [-0.39, 0.29) is 17.5 Å². The molecule has 0 aliphatic carbocycles. The Labute approximate surface area is 183 Å². The maximum Gasteiger partial charge on any atom is 0.271 e. The molecule has 2 heterocycles. The lowest BCUT2D eigenvalue weighted by molar-refractivity contribution is -0.128. The molecule has 2 aromatic carbocycles. The topological polar surface area (TPSA) is 62.3 Å². The van der Waals surface area contributed by atoms with Gasteiger partial charge in [0.15, 0.2) is 0 Å². The van der Waals surface area contributed by atoms with Crippen molar-refractivity contribution in [3.05, 3.63) is 83.8 Å². The molecule has 6 heteroatoms. The number of carbonyl (C=O) groups is 2. The molecule has 1 fully saturated rings. The van der Waals surface area contributed by atoms with Crippen LogP contribution in [0.3, 0.4) is 0 Å². The first kappa shape index (κ1) is 20.3. The van der Waals surface area contributed by atoms with Gasteiger partial charge >= 0.3 is 0 Å². The molecular weight excluding hydrogens is 442 g/mol. The number of hydrogen-bond acceptors (Lipinski definition) is 3. The Hall–Kier alpha value is -2.99. The van der Waals surface area contributed by atoms with Crippen LogP contribution in [0, 0.1) is 0 Å². The number of pyridine rings is 1. The first-order chi connectivity index (χ1) is 14.6. The number of likely N-dealkylation sites (tertiary alicyclic amines) is 1. The van der Waals surface area contributed by atoms with E-state index in [1.807, 2.05) is 35.2 Å². The highest BCUT2D eigenvalue weighted by molar-refractivity contribution is 9.15. The molecule has 0 atom stereocenters. The normalized spacial score (nSPS) is 14.9. The van der Waals surface area contributed by atoms with E-state index in [0.717, 1.165) is 35.6 Å². The van der Waals surface area contributed by atoms with Crippen LogP contribution in [0.25, 0.3) is 15.3 Å². The van der Waals surface area contributed by atoms with Crippen LogP contribution in [0.2, 0.25) is 0 Å². The third-order valence-electron chi connectivity index (χ3n) is 5.26. The quantitative estimate of drug-likeness (QED) is 0.568. The molecule has 5 nitrogen and oxygen atoms in total. The third kappa shape index (κ3) is 4.28. The molecule has 1 aromatic heterocycles. The molecular formula is C24H22BrN3O2. The molecule has 3 aromatic rings. The molecule has 0 spiro atoms. The van der Waals surface area contributed by atoms with Crippen LogP contribution in [0.5, 0.6) is 0 Å². The molecule has 0 bridgehead atoms. The number of piperidine rings is 1. The predicted octanol–water partition coefficient (Wildman–Crippen LogP) is 4.74. The Morgan fingerprint density at radius 3 is 2.37 bits per heavy atom. The van der Waals surface area contributed by atoms with Gasteiger partial charge in [-0.2, -0.15) is 0 Å². The molecule has 0 unspecified atom stereocenters. The van der Waals surface area contributed by atoms with Crippen LogP contribution >= 0.6 is 15.9 Å². The van der Waals surface area contributed by atoms with Gasteiger partial charge in [0.2, 0.25) is 0 Å². The largest absolute Gasteiger partial charge is 0.337 e. The van der Waals surface area contributed by atoms with Crippen LogP contribution in [-0.4, -0.2) is 34.8 Å². The summed E-state index contributed by atoms with van der Waals surface area (Å²) < 4.78 is 0.534. The number of hydrogen-bond donors (Lipinski definition) is 1. The summed E-state index contributed by atoms with van der Waals surface area (Å²) in [7, 11) is 0. The van der Waals surface area contributed by atoms with Gasteiger partial charge in [0.25, 0.3) is 11.8 Å². The summed E-state index contributed by atoms with van der Waals surface area (Å²) in [6.45, 7) is 1.38. The van der Waals surface area contributed by atoms with Crippen LogP contribution < -0.4 is 5.32 Å². The molecule has 152 valence electrons. The summed E-state index contributed by atoms with van der Waals surface area (Å²) >= 11 is 3.62. The van der Waals surface area contributed by atoms with Crippen molar-refractivity contribution in [2.45, 2.75) is 19.3 Å². The predicted molar refractivity (Wildman–Crippen MR) is 122 cm³/mol. The smallest absolute Gasteiger partial charge is 0.271 e. The van der Waals surface area contributed by atoms with E-state index in [9.17, 15) is 9.59 Å². The number of rotatable bonds is 4. The van der Waals surface area contributed by atoms with Gasteiger partial charge in [-0.25, -0.2) is 0 Å². The monoisotopic (exact) mass is 463 g/mol. The first-order valence-corrected chi connectivity index (χ1v) is 10.8. The number of nitrogens with zero attached hydrogens (tertiary/aromatic N) is 2. The number of fused-ring (bicyclic) bond motifs is 1. The van der Waals surface area contributed by atoms with Crippen molar-refractivity contribution in [2.24, 2.45) is 0 Å². The van der Waals surface area contributed by atoms with Gasteiger partial charge in [0.1, 0.15) is 5.70 Å². The van der Waals surface area contributed by atoms with Crippen LogP contribution in [0.1, 0.15) is 35.2 Å². The van der Waals surface area contributed by atoms with Gasteiger partial charge < -0.3 is 10.2 Å². The maximum atomic E-state index is 13.4. The zero-order valence-electron chi connectivity index (χ0n) is 16.5. The Morgan fingerprint density at radius 2 is 1.60 bits per heavy atom. The molecule has 4 rings (SSSR count). The van der Waals surface area contributed by atoms with Gasteiger partial charge in [-0.3, -0.25) is 14.6 Å². The van der Waals surface area contributed by atoms with Crippen molar-refractivity contribution >= 4 is 43.0 Å². The number of nitrogens with one attached hydrogen (secondary N) is 1. The van der Waals surface area contributed by atoms with Crippen LogP contribution in [0.4, 0.5) is 0 Å². The fourth-order valence-corrected chi connectivity index (χ4v) is 4.24. The molecule has 0 saturated carbocycles. The number of halogens is 1. The van der Waals surface area contributed by atoms with E-state index in [1.54, 1.807) is 36.7 Å². The number of carbonyl (C=O) groups excluding carboxylic acids is 2. The van der Waals surface area contributed by atoms with Crippen molar-refractivity contribution in [1.29, 1.82) is 0 Å². The fraction of sp³-hybridized carbons (Fsp3) is 0.208. The van der Waals surface area contributed by atoms with Gasteiger partial charge in [-0.05, 0) is 52.7 Å². The Kier molecular flexibility index (Phi) is 6.23. The summed E-state index contributed by atoms with van der Waals surface area (Å²) in [6.07, 6.45) is 6.56. The second kappa shape index (κ2) is 9.22. The molecule has 1 N–H and O–H groups in total. The van der Waals surface area contributed by atoms with Gasteiger partial charge in [-0.1, -0.05) is 42.5 Å². The molecule has 1 aliphatic rings. The van der Waals surface area contributed by atoms with E-state index in [1.165, 1.54) is 0 Å². The van der Waals surface area contributed by atoms with Crippen LogP contribution in [0.15, 0.2) is 72.7 Å². The maximum absolute atomic E-state index is 13.4. The van der Waals surface area contributed by atoms with E-state index in [2.05, 4.69) is 26.2 Å². The Bertz CT molecular complexity index is 1100. The van der Waals surface area contributed by atoms with Gasteiger partial charge in [0, 0.05) is 42.0 Å². The standard InChI is InChI=1S/C24H22BrN3O2/c25-21(20-16-26-15-18-11-5-6-12-19(18)20)22(24(30)28-13-7-2-8-14-28)27-23(29)17-9-3-1-4-10-17/h1,3-6,9-12,15-16H,2,7-8,13-14H2,(H,27,29)/b22-21-. The summed E-state index contributed by atoms with van der Waals surface area (Å²) in [5.74, 6) is -0.500. The average Bonchev–Trinajstić information content (AvgIpc) is 2.82. The molecule has 2 amide bonds. The Morgan fingerprint density at radius 1 is 0.900 bits per heavy atom. The SMILES string of the molecule is O=C(N/C(C(=O)N1CCCCC1)=C(\Br)c1cncc2ccccc12)c1ccccc1. The molecule has 0 radical (unpaired) electrons. The Balaban J connectivity index is 1.78. The minimum Gasteiger partial charge on any atom is -0.337 e. The average molecular weight is 464 g/mol.